The van der Waals surface area contributed by atoms with Crippen molar-refractivity contribution in [2.75, 3.05) is 18.4 Å². The summed E-state index contributed by atoms with van der Waals surface area (Å²) in [6, 6.07) is 5.11. The lowest BCUT2D eigenvalue weighted by molar-refractivity contribution is -0.137. The Morgan fingerprint density at radius 2 is 1.66 bits per heavy atom. The Morgan fingerprint density at radius 1 is 1.05 bits per heavy atom. The minimum Gasteiger partial charge on any atom is -0.463 e. The highest BCUT2D eigenvalue weighted by Crippen LogP contribution is 2.13. The number of nitrogens with one attached hydrogen (secondary N) is 3. The van der Waals surface area contributed by atoms with Crippen molar-refractivity contribution in [3.8, 4) is 0 Å². The number of nitrogens with zero attached hydrogens (tertiary/aromatic N) is 1. The van der Waals surface area contributed by atoms with Gasteiger partial charge in [0.1, 0.15) is 12.6 Å². The fourth-order valence-corrected chi connectivity index (χ4v) is 4.13. The van der Waals surface area contributed by atoms with E-state index >= 15 is 0 Å². The predicted molar refractivity (Wildman–Crippen MR) is 132 cm³/mol. The second-order valence-electron chi connectivity index (χ2n) is 8.55. The summed E-state index contributed by atoms with van der Waals surface area (Å²) < 4.78 is 37.9. The van der Waals surface area contributed by atoms with Crippen molar-refractivity contribution in [3.05, 3.63) is 42.0 Å². The van der Waals surface area contributed by atoms with Gasteiger partial charge >= 0.3 is 0 Å². The van der Waals surface area contributed by atoms with Gasteiger partial charge in [0.25, 0.3) is 28.4 Å². The zero-order chi connectivity index (χ0) is 28.5. The van der Waals surface area contributed by atoms with E-state index < -0.39 is 76.4 Å². The number of rotatable bonds is 14. The summed E-state index contributed by atoms with van der Waals surface area (Å²) in [6.45, 7) is 2.59. The van der Waals surface area contributed by atoms with Gasteiger partial charge < -0.3 is 20.7 Å². The third kappa shape index (κ3) is 8.77. The minimum atomic E-state index is -4.96. The number of hydrogen-bond acceptors (Lipinski definition) is 9. The maximum atomic E-state index is 12.7. The van der Waals surface area contributed by atoms with Crippen molar-refractivity contribution in [2.24, 2.45) is 5.92 Å². The average molecular weight is 553 g/mol. The Kier molecular flexibility index (Phi) is 10.7. The van der Waals surface area contributed by atoms with E-state index in [2.05, 4.69) is 20.7 Å². The van der Waals surface area contributed by atoms with Crippen molar-refractivity contribution in [3.63, 3.8) is 0 Å². The highest BCUT2D eigenvalue weighted by atomic mass is 32.2. The van der Waals surface area contributed by atoms with Gasteiger partial charge in [-0.2, -0.15) is 8.42 Å². The van der Waals surface area contributed by atoms with E-state index in [9.17, 15) is 41.7 Å². The van der Waals surface area contributed by atoms with E-state index in [1.807, 2.05) is 0 Å². The highest BCUT2D eigenvalue weighted by molar-refractivity contribution is 7.87. The Morgan fingerprint density at radius 3 is 2.18 bits per heavy atom. The Hall–Kier alpha value is -4.11. The Bertz CT molecular complexity index is 1190. The molecule has 38 heavy (non-hydrogen) atoms. The van der Waals surface area contributed by atoms with Gasteiger partial charge in [-0.1, -0.05) is 26.0 Å². The largest absolute Gasteiger partial charge is 0.463 e. The molecule has 0 aliphatic carbocycles. The van der Waals surface area contributed by atoms with Gasteiger partial charge in [0.15, 0.2) is 5.25 Å². The summed E-state index contributed by atoms with van der Waals surface area (Å²) in [5.74, 6) is -4.51. The van der Waals surface area contributed by atoms with Crippen LogP contribution in [0.2, 0.25) is 0 Å². The van der Waals surface area contributed by atoms with Crippen molar-refractivity contribution in [1.29, 1.82) is 0 Å². The number of imide groups is 1. The topological polar surface area (TPSA) is 205 Å². The molecular formula is C23H28N4O10S. The monoisotopic (exact) mass is 552 g/mol. The van der Waals surface area contributed by atoms with Crippen LogP contribution >= 0.6 is 0 Å². The summed E-state index contributed by atoms with van der Waals surface area (Å²) in [5, 5.41) is 5.10. The van der Waals surface area contributed by atoms with Crippen LogP contribution in [0.15, 0.2) is 36.4 Å². The lowest BCUT2D eigenvalue weighted by atomic mass is 10.0. The van der Waals surface area contributed by atoms with Crippen molar-refractivity contribution < 1.29 is 46.5 Å². The summed E-state index contributed by atoms with van der Waals surface area (Å²) >= 11 is 0. The predicted octanol–water partition coefficient (Wildman–Crippen LogP) is -0.873. The number of ether oxygens (including phenoxy) is 1. The molecule has 1 aliphatic rings. The van der Waals surface area contributed by atoms with E-state index in [1.165, 1.54) is 0 Å². The summed E-state index contributed by atoms with van der Waals surface area (Å²) in [7, 11) is -4.96. The first-order valence-electron chi connectivity index (χ1n) is 11.4. The average Bonchev–Trinajstić information content (AvgIpc) is 3.16. The van der Waals surface area contributed by atoms with Gasteiger partial charge in [0.2, 0.25) is 17.7 Å². The summed E-state index contributed by atoms with van der Waals surface area (Å²) in [5.41, 5.74) is 1.10. The van der Waals surface area contributed by atoms with Crippen LogP contribution in [0, 0.1) is 5.92 Å². The third-order valence-electron chi connectivity index (χ3n) is 5.39. The molecule has 0 saturated carbocycles. The standard InChI is InChI=1S/C23H28N4O10S/c1-14(2)21(23(33)24-11-18(29)25-16-5-3-15(4-6-16)12-37-13-28)26-22(32)17(38(34,35)36)9-10-27-19(30)7-8-20(27)31/h3-8,13-14,17,21H,9-12H2,1-2H3,(H,24,33)(H,25,29)(H,26,32)(H,34,35,36). The summed E-state index contributed by atoms with van der Waals surface area (Å²) in [4.78, 5) is 71.9. The zero-order valence-electron chi connectivity index (χ0n) is 20.6. The summed E-state index contributed by atoms with van der Waals surface area (Å²) in [6.07, 6.45) is 1.37. The van der Waals surface area contributed by atoms with E-state index in [-0.39, 0.29) is 6.61 Å². The molecule has 14 nitrogen and oxygen atoms in total. The zero-order valence-corrected chi connectivity index (χ0v) is 21.4. The van der Waals surface area contributed by atoms with Crippen LogP contribution in [0.3, 0.4) is 0 Å². The molecule has 1 aliphatic heterocycles. The Labute approximate surface area is 218 Å². The third-order valence-corrected chi connectivity index (χ3v) is 6.56. The van der Waals surface area contributed by atoms with E-state index in [0.717, 1.165) is 12.2 Å². The van der Waals surface area contributed by atoms with Crippen LogP contribution in [-0.4, -0.2) is 78.3 Å². The number of hydrogen-bond donors (Lipinski definition) is 4. The molecule has 2 unspecified atom stereocenters. The first kappa shape index (κ1) is 30.1. The molecular weight excluding hydrogens is 524 g/mol. The van der Waals surface area contributed by atoms with E-state index in [1.54, 1.807) is 38.1 Å². The number of anilines is 1. The molecule has 1 aromatic rings. The molecule has 0 saturated heterocycles. The maximum absolute atomic E-state index is 12.7. The molecule has 0 radical (unpaired) electrons. The molecule has 2 rings (SSSR count). The Balaban J connectivity index is 1.95. The number of carbonyl (C=O) groups excluding carboxylic acids is 6. The highest BCUT2D eigenvalue weighted by Gasteiger charge is 2.36. The van der Waals surface area contributed by atoms with Gasteiger partial charge in [-0.3, -0.25) is 38.2 Å². The molecule has 15 heteroatoms. The lowest BCUT2D eigenvalue weighted by Crippen LogP contribution is -2.54. The molecule has 1 aromatic carbocycles. The van der Waals surface area contributed by atoms with E-state index in [0.29, 0.717) is 22.6 Å². The molecule has 2 atom stereocenters. The first-order chi connectivity index (χ1) is 17.8. The fraction of sp³-hybridized carbons (Fsp3) is 0.391. The van der Waals surface area contributed by atoms with Crippen molar-refractivity contribution >= 4 is 51.8 Å². The van der Waals surface area contributed by atoms with Crippen LogP contribution in [0.25, 0.3) is 0 Å². The lowest BCUT2D eigenvalue weighted by Gasteiger charge is -2.24. The van der Waals surface area contributed by atoms with Crippen molar-refractivity contribution in [1.82, 2.24) is 15.5 Å². The van der Waals surface area contributed by atoms with Gasteiger partial charge in [-0.05, 0) is 30.0 Å². The van der Waals surface area contributed by atoms with E-state index in [4.69, 9.17) is 0 Å². The molecule has 0 fully saturated rings. The SMILES string of the molecule is CC(C)C(NC(=O)C(CCN1C(=O)C=CC1=O)S(=O)(=O)O)C(=O)NCC(=O)Nc1ccc(COC=O)cc1. The van der Waals surface area contributed by atoms with Crippen LogP contribution in [0.5, 0.6) is 0 Å². The van der Waals surface area contributed by atoms with Crippen LogP contribution in [0.1, 0.15) is 25.8 Å². The van der Waals surface area contributed by atoms with Crippen LogP contribution < -0.4 is 16.0 Å². The van der Waals surface area contributed by atoms with Gasteiger partial charge in [0, 0.05) is 24.4 Å². The van der Waals surface area contributed by atoms with Gasteiger partial charge in [-0.25, -0.2) is 0 Å². The fourth-order valence-electron chi connectivity index (χ4n) is 3.39. The van der Waals surface area contributed by atoms with Crippen molar-refractivity contribution in [2.45, 2.75) is 38.2 Å². The van der Waals surface area contributed by atoms with Crippen LogP contribution in [0.4, 0.5) is 5.69 Å². The number of carbonyl (C=O) groups is 6. The quantitative estimate of drug-likeness (QED) is 0.127. The van der Waals surface area contributed by atoms with Crippen LogP contribution in [-0.2, 0) is 50.2 Å². The normalized spacial score (nSPS) is 14.7. The second kappa shape index (κ2) is 13.4. The molecule has 4 N–H and O–H groups in total. The van der Waals surface area contributed by atoms with Gasteiger partial charge in [-0.15, -0.1) is 0 Å². The molecule has 0 spiro atoms. The molecule has 0 aromatic heterocycles. The molecule has 1 heterocycles. The maximum Gasteiger partial charge on any atom is 0.293 e. The number of amides is 5. The molecule has 0 bridgehead atoms. The molecule has 206 valence electrons. The van der Waals surface area contributed by atoms with Gasteiger partial charge in [0.05, 0.1) is 6.54 Å². The minimum absolute atomic E-state index is 0.0697. The molecule has 5 amide bonds. The second-order valence-corrected chi connectivity index (χ2v) is 10.2. The first-order valence-corrected chi connectivity index (χ1v) is 12.9. The smallest absolute Gasteiger partial charge is 0.293 e. The number of benzene rings is 1.